The van der Waals surface area contributed by atoms with E-state index in [0.717, 1.165) is 16.8 Å². The van der Waals surface area contributed by atoms with E-state index in [2.05, 4.69) is 26.0 Å². The fraction of sp³-hybridized carbons (Fsp3) is 0.250. The zero-order chi connectivity index (χ0) is 9.26. The highest BCUT2D eigenvalue weighted by Crippen LogP contribution is 2.24. The first-order valence-electron chi connectivity index (χ1n) is 3.91. The van der Waals surface area contributed by atoms with Gasteiger partial charge in [0.05, 0.1) is 11.0 Å². The lowest BCUT2D eigenvalue weighted by atomic mass is 10.5. The van der Waals surface area contributed by atoms with Gasteiger partial charge in [0.2, 0.25) is 0 Å². The van der Waals surface area contributed by atoms with Crippen molar-refractivity contribution in [3.05, 3.63) is 23.1 Å². The minimum Gasteiger partial charge on any atom is -0.324 e. The van der Waals surface area contributed by atoms with Crippen LogP contribution in [0.1, 0.15) is 0 Å². The summed E-state index contributed by atoms with van der Waals surface area (Å²) in [5.41, 5.74) is 0. The lowest BCUT2D eigenvalue weighted by Gasteiger charge is -2.16. The van der Waals surface area contributed by atoms with Crippen LogP contribution in [0.4, 0.5) is 5.82 Å². The van der Waals surface area contributed by atoms with Gasteiger partial charge >= 0.3 is 0 Å². The second-order valence-electron chi connectivity index (χ2n) is 2.76. The number of aryl methyl sites for hydroxylation is 1. The molecule has 5 heteroatoms. The quantitative estimate of drug-likeness (QED) is 0.747. The molecule has 1 aromatic rings. The van der Waals surface area contributed by atoms with Crippen molar-refractivity contribution in [1.82, 2.24) is 9.78 Å². The number of hydrogen-bond donors (Lipinski definition) is 0. The van der Waals surface area contributed by atoms with Crippen LogP contribution in [0.25, 0.3) is 0 Å². The predicted octanol–water partition coefficient (Wildman–Crippen LogP) is 1.54. The van der Waals surface area contributed by atoms with E-state index in [0.29, 0.717) is 0 Å². The summed E-state index contributed by atoms with van der Waals surface area (Å²) in [6.45, 7) is 0.770. The second kappa shape index (κ2) is 3.33. The van der Waals surface area contributed by atoms with E-state index in [1.807, 2.05) is 30.6 Å². The van der Waals surface area contributed by atoms with Crippen molar-refractivity contribution in [2.45, 2.75) is 0 Å². The molecule has 1 aliphatic heterocycles. The van der Waals surface area contributed by atoms with Gasteiger partial charge in [0.1, 0.15) is 0 Å². The Kier molecular flexibility index (Phi) is 2.18. The Bertz CT molecular complexity index is 366. The number of nitrogens with zero attached hydrogens (tertiary/aromatic N) is 4. The average Bonchev–Trinajstić information content (AvgIpc) is 2.47. The molecular weight excluding hydrogens is 232 g/mol. The number of anilines is 1. The van der Waals surface area contributed by atoms with Crippen LogP contribution in [0.2, 0.25) is 0 Å². The van der Waals surface area contributed by atoms with Gasteiger partial charge in [-0.2, -0.15) is 5.10 Å². The molecular formula is C8H9BrN4. The molecule has 1 aromatic heterocycles. The first kappa shape index (κ1) is 8.50. The summed E-state index contributed by atoms with van der Waals surface area (Å²) in [4.78, 5) is 6.02. The maximum Gasteiger partial charge on any atom is 0.169 e. The second-order valence-corrected chi connectivity index (χ2v) is 3.61. The van der Waals surface area contributed by atoms with Crippen LogP contribution in [-0.4, -0.2) is 22.5 Å². The van der Waals surface area contributed by atoms with E-state index in [-0.39, 0.29) is 0 Å². The third-order valence-electron chi connectivity index (χ3n) is 1.75. The van der Waals surface area contributed by atoms with Gasteiger partial charge in [0.15, 0.2) is 5.82 Å². The molecule has 0 saturated carbocycles. The minimum absolute atomic E-state index is 0.770. The highest BCUT2D eigenvalue weighted by atomic mass is 79.9. The van der Waals surface area contributed by atoms with E-state index in [9.17, 15) is 0 Å². The molecule has 0 spiro atoms. The minimum atomic E-state index is 0.770. The molecule has 0 fully saturated rings. The summed E-state index contributed by atoms with van der Waals surface area (Å²) < 4.78 is 2.77. The molecule has 0 radical (unpaired) electrons. The molecule has 0 amide bonds. The topological polar surface area (TPSA) is 33.4 Å². The Morgan fingerprint density at radius 1 is 1.54 bits per heavy atom. The third kappa shape index (κ3) is 1.65. The Balaban J connectivity index is 2.30. The average molecular weight is 241 g/mol. The third-order valence-corrected chi connectivity index (χ3v) is 2.31. The van der Waals surface area contributed by atoms with Crippen LogP contribution in [0.15, 0.2) is 28.1 Å². The maximum atomic E-state index is 4.32. The SMILES string of the molecule is Cn1cc(Br)c(N2C=CN=CC2)n1. The molecule has 0 N–H and O–H groups in total. The molecule has 0 unspecified atom stereocenters. The molecule has 2 rings (SSSR count). The van der Waals surface area contributed by atoms with Gasteiger partial charge in [-0.3, -0.25) is 9.67 Å². The molecule has 1 aliphatic rings. The fourth-order valence-corrected chi connectivity index (χ4v) is 1.78. The summed E-state index contributed by atoms with van der Waals surface area (Å²) in [5.74, 6) is 0.921. The molecule has 0 bridgehead atoms. The van der Waals surface area contributed by atoms with Gasteiger partial charge in [0, 0.05) is 31.9 Å². The van der Waals surface area contributed by atoms with Crippen LogP contribution >= 0.6 is 15.9 Å². The molecule has 2 heterocycles. The highest BCUT2D eigenvalue weighted by Gasteiger charge is 2.11. The summed E-state index contributed by atoms with van der Waals surface area (Å²) >= 11 is 3.45. The summed E-state index contributed by atoms with van der Waals surface area (Å²) in [5, 5.41) is 4.32. The molecule has 0 saturated heterocycles. The van der Waals surface area contributed by atoms with Crippen LogP contribution in [0.3, 0.4) is 0 Å². The van der Waals surface area contributed by atoms with Crippen molar-refractivity contribution >= 4 is 28.0 Å². The number of hydrogen-bond acceptors (Lipinski definition) is 3. The van der Waals surface area contributed by atoms with Gasteiger partial charge in [-0.25, -0.2) is 0 Å². The lowest BCUT2D eigenvalue weighted by Crippen LogP contribution is -2.21. The zero-order valence-electron chi connectivity index (χ0n) is 7.18. The van der Waals surface area contributed by atoms with E-state index >= 15 is 0 Å². The van der Waals surface area contributed by atoms with E-state index in [1.165, 1.54) is 0 Å². The summed E-state index contributed by atoms with van der Waals surface area (Å²) in [7, 11) is 1.90. The van der Waals surface area contributed by atoms with E-state index in [1.54, 1.807) is 10.9 Å². The first-order valence-corrected chi connectivity index (χ1v) is 4.71. The Labute approximate surface area is 84.7 Å². The van der Waals surface area contributed by atoms with Crippen LogP contribution in [0.5, 0.6) is 0 Å². The molecule has 0 aromatic carbocycles. The van der Waals surface area contributed by atoms with Crippen molar-refractivity contribution in [2.75, 3.05) is 11.4 Å². The normalized spacial score (nSPS) is 15.4. The Hall–Kier alpha value is -1.10. The predicted molar refractivity (Wildman–Crippen MR) is 55.9 cm³/mol. The van der Waals surface area contributed by atoms with Gasteiger partial charge in [0.25, 0.3) is 0 Å². The van der Waals surface area contributed by atoms with Gasteiger partial charge in [-0.1, -0.05) is 0 Å². The lowest BCUT2D eigenvalue weighted by molar-refractivity contribution is 0.762. The molecule has 13 heavy (non-hydrogen) atoms. The van der Waals surface area contributed by atoms with Crippen LogP contribution in [0, 0.1) is 0 Å². The smallest absolute Gasteiger partial charge is 0.169 e. The summed E-state index contributed by atoms with van der Waals surface area (Å²) in [6.07, 6.45) is 7.44. The van der Waals surface area contributed by atoms with Crippen molar-refractivity contribution in [2.24, 2.45) is 12.0 Å². The largest absolute Gasteiger partial charge is 0.324 e. The summed E-state index contributed by atoms with van der Waals surface area (Å²) in [6, 6.07) is 0. The van der Waals surface area contributed by atoms with Crippen molar-refractivity contribution in [1.29, 1.82) is 0 Å². The standard InChI is InChI=1S/C8H9BrN4/c1-12-6-7(9)8(11-12)13-4-2-10-3-5-13/h2-4,6H,5H2,1H3. The van der Waals surface area contributed by atoms with E-state index < -0.39 is 0 Å². The van der Waals surface area contributed by atoms with Gasteiger partial charge in [-0.15, -0.1) is 0 Å². The fourth-order valence-electron chi connectivity index (χ4n) is 1.18. The molecule has 0 atom stereocenters. The number of aromatic nitrogens is 2. The van der Waals surface area contributed by atoms with Crippen LogP contribution < -0.4 is 4.90 Å². The van der Waals surface area contributed by atoms with Gasteiger partial charge in [-0.05, 0) is 15.9 Å². The van der Waals surface area contributed by atoms with Crippen molar-refractivity contribution in [3.63, 3.8) is 0 Å². The Morgan fingerprint density at radius 2 is 2.38 bits per heavy atom. The molecule has 68 valence electrons. The van der Waals surface area contributed by atoms with Gasteiger partial charge < -0.3 is 4.90 Å². The molecule has 4 nitrogen and oxygen atoms in total. The first-order chi connectivity index (χ1) is 6.27. The van der Waals surface area contributed by atoms with E-state index in [4.69, 9.17) is 0 Å². The van der Waals surface area contributed by atoms with Crippen molar-refractivity contribution in [3.8, 4) is 0 Å². The van der Waals surface area contributed by atoms with Crippen molar-refractivity contribution < 1.29 is 0 Å². The Morgan fingerprint density at radius 3 is 2.92 bits per heavy atom. The number of aliphatic imine (C=N–C) groups is 1. The maximum absolute atomic E-state index is 4.32. The monoisotopic (exact) mass is 240 g/mol. The zero-order valence-corrected chi connectivity index (χ0v) is 8.77. The number of rotatable bonds is 1. The number of halogens is 1. The molecule has 0 aliphatic carbocycles. The van der Waals surface area contributed by atoms with Crippen LogP contribution in [-0.2, 0) is 7.05 Å². The highest BCUT2D eigenvalue weighted by molar-refractivity contribution is 9.10.